The van der Waals surface area contributed by atoms with Crippen LogP contribution in [0.2, 0.25) is 0 Å². The molecule has 3 N–H and O–H groups in total. The van der Waals surface area contributed by atoms with Gasteiger partial charge < -0.3 is 5.73 Å². The van der Waals surface area contributed by atoms with E-state index in [1.165, 1.54) is 12.1 Å². The van der Waals surface area contributed by atoms with Crippen LogP contribution in [-0.4, -0.2) is 24.5 Å². The molecule has 0 atom stereocenters. The molecule has 6 nitrogen and oxygen atoms in total. The summed E-state index contributed by atoms with van der Waals surface area (Å²) in [7, 11) is -4.60. The summed E-state index contributed by atoms with van der Waals surface area (Å²) in [6.45, 7) is 0. The minimum Gasteiger partial charge on any atom is -0.397 e. The lowest BCUT2D eigenvalue weighted by molar-refractivity contribution is 0.0979. The number of halogens is 1. The van der Waals surface area contributed by atoms with Crippen molar-refractivity contribution in [3.8, 4) is 0 Å². The molecule has 0 bridgehead atoms. The van der Waals surface area contributed by atoms with E-state index in [2.05, 4.69) is 0 Å². The Hall–Kier alpha value is -1.78. The lowest BCUT2D eigenvalue weighted by Crippen LogP contribution is -2.25. The number of hydrogen-bond acceptors (Lipinski definition) is 5. The van der Waals surface area contributed by atoms with Gasteiger partial charge in [0.15, 0.2) is 11.6 Å². The molecule has 0 unspecified atom stereocenters. The van der Waals surface area contributed by atoms with Gasteiger partial charge in [-0.25, -0.2) is 0 Å². The standard InChI is InChI=1S/C14H8INO5S/c15-8-5-9(22(19,20)21)12(16)11-10(8)13(17)6-3-1-2-4-7(6)14(11)18/h1-5H,16H2,(H,19,20,21). The minimum absolute atomic E-state index is 0.0641. The number of ketones is 2. The third-order valence-electron chi connectivity index (χ3n) is 3.43. The molecule has 0 radical (unpaired) electrons. The van der Waals surface area contributed by atoms with E-state index in [0.29, 0.717) is 0 Å². The fourth-order valence-electron chi connectivity index (χ4n) is 2.46. The summed E-state index contributed by atoms with van der Waals surface area (Å²) in [6.07, 6.45) is 0. The average Bonchev–Trinajstić information content (AvgIpc) is 2.45. The van der Waals surface area contributed by atoms with Crippen LogP contribution in [0.5, 0.6) is 0 Å². The largest absolute Gasteiger partial charge is 0.397 e. The third kappa shape index (κ3) is 2.06. The first-order chi connectivity index (χ1) is 10.2. The van der Waals surface area contributed by atoms with Gasteiger partial charge >= 0.3 is 0 Å². The number of benzene rings is 2. The van der Waals surface area contributed by atoms with E-state index in [-0.39, 0.29) is 25.8 Å². The number of carbonyl (C=O) groups is 2. The number of nitrogen functional groups attached to an aromatic ring is 1. The van der Waals surface area contributed by atoms with Gasteiger partial charge in [-0.2, -0.15) is 8.42 Å². The van der Waals surface area contributed by atoms with E-state index < -0.39 is 32.3 Å². The highest BCUT2D eigenvalue weighted by molar-refractivity contribution is 14.1. The first-order valence-corrected chi connectivity index (χ1v) is 8.53. The molecule has 0 spiro atoms. The maximum atomic E-state index is 12.6. The van der Waals surface area contributed by atoms with Crippen molar-refractivity contribution in [1.82, 2.24) is 0 Å². The Morgan fingerprint density at radius 3 is 2.00 bits per heavy atom. The Labute approximate surface area is 139 Å². The molecule has 0 saturated heterocycles. The summed E-state index contributed by atoms with van der Waals surface area (Å²) in [5, 5.41) is 0. The van der Waals surface area contributed by atoms with Crippen molar-refractivity contribution in [2.45, 2.75) is 4.90 Å². The zero-order chi connectivity index (χ0) is 16.2. The van der Waals surface area contributed by atoms with Crippen molar-refractivity contribution in [2.75, 3.05) is 5.73 Å². The van der Waals surface area contributed by atoms with Crippen molar-refractivity contribution in [3.05, 3.63) is 56.2 Å². The molecule has 2 aromatic carbocycles. The average molecular weight is 429 g/mol. The number of hydrogen-bond donors (Lipinski definition) is 2. The Balaban J connectivity index is 2.44. The molecule has 0 saturated carbocycles. The zero-order valence-electron chi connectivity index (χ0n) is 10.8. The Morgan fingerprint density at radius 1 is 1.00 bits per heavy atom. The van der Waals surface area contributed by atoms with E-state index in [9.17, 15) is 22.6 Å². The fourth-order valence-corrected chi connectivity index (χ4v) is 4.15. The third-order valence-corrected chi connectivity index (χ3v) is 5.17. The van der Waals surface area contributed by atoms with E-state index in [0.717, 1.165) is 6.07 Å². The van der Waals surface area contributed by atoms with Crippen molar-refractivity contribution < 1.29 is 22.6 Å². The lowest BCUT2D eigenvalue weighted by Gasteiger charge is -2.21. The molecule has 0 amide bonds. The van der Waals surface area contributed by atoms with Gasteiger partial charge in [-0.05, 0) is 28.7 Å². The highest BCUT2D eigenvalue weighted by Crippen LogP contribution is 2.37. The maximum Gasteiger partial charge on any atom is 0.296 e. The first kappa shape index (κ1) is 15.1. The predicted octanol–water partition coefficient (Wildman–Crippen LogP) is 1.90. The van der Waals surface area contributed by atoms with Gasteiger partial charge in [-0.1, -0.05) is 24.3 Å². The molecule has 8 heteroatoms. The van der Waals surface area contributed by atoms with Crippen molar-refractivity contribution in [3.63, 3.8) is 0 Å². The van der Waals surface area contributed by atoms with Crippen LogP contribution in [0.1, 0.15) is 31.8 Å². The fraction of sp³-hybridized carbons (Fsp3) is 0. The van der Waals surface area contributed by atoms with Gasteiger partial charge in [0.25, 0.3) is 10.1 Å². The van der Waals surface area contributed by atoms with Gasteiger partial charge in [0.1, 0.15) is 4.90 Å². The van der Waals surface area contributed by atoms with Gasteiger partial charge in [0.05, 0.1) is 11.3 Å². The number of fused-ring (bicyclic) bond motifs is 2. The van der Waals surface area contributed by atoms with Crippen LogP contribution in [0.25, 0.3) is 0 Å². The number of nitrogens with two attached hydrogens (primary N) is 1. The van der Waals surface area contributed by atoms with Gasteiger partial charge in [0.2, 0.25) is 0 Å². The molecular formula is C14H8INO5S. The van der Waals surface area contributed by atoms with Crippen LogP contribution in [0.3, 0.4) is 0 Å². The van der Waals surface area contributed by atoms with E-state index in [4.69, 9.17) is 5.73 Å². The molecular weight excluding hydrogens is 421 g/mol. The molecule has 3 rings (SSSR count). The monoisotopic (exact) mass is 429 g/mol. The van der Waals surface area contributed by atoms with Crippen LogP contribution in [0.15, 0.2) is 35.2 Å². The van der Waals surface area contributed by atoms with Crippen LogP contribution in [0.4, 0.5) is 5.69 Å². The second-order valence-corrected chi connectivity index (χ2v) is 7.25. The van der Waals surface area contributed by atoms with E-state index in [1.807, 2.05) is 0 Å². The number of anilines is 1. The molecule has 22 heavy (non-hydrogen) atoms. The molecule has 112 valence electrons. The molecule has 1 aliphatic rings. The van der Waals surface area contributed by atoms with Crippen molar-refractivity contribution in [2.24, 2.45) is 0 Å². The number of rotatable bonds is 1. The van der Waals surface area contributed by atoms with Crippen molar-refractivity contribution >= 4 is 50.0 Å². The summed E-state index contributed by atoms with van der Waals surface area (Å²) in [5.74, 6) is -0.936. The quantitative estimate of drug-likeness (QED) is 0.347. The smallest absolute Gasteiger partial charge is 0.296 e. The summed E-state index contributed by atoms with van der Waals surface area (Å²) < 4.78 is 32.3. The summed E-state index contributed by atoms with van der Waals surface area (Å²) in [4.78, 5) is 24.6. The molecule has 0 aromatic heterocycles. The molecule has 0 fully saturated rings. The molecule has 0 heterocycles. The molecule has 0 aliphatic heterocycles. The summed E-state index contributed by atoms with van der Waals surface area (Å²) in [6, 6.07) is 7.33. The SMILES string of the molecule is Nc1c(S(=O)(=O)O)cc(I)c2c1C(=O)c1ccccc1C2=O. The summed E-state index contributed by atoms with van der Waals surface area (Å²) >= 11 is 1.75. The van der Waals surface area contributed by atoms with Crippen LogP contribution in [0, 0.1) is 3.57 Å². The maximum absolute atomic E-state index is 12.6. The van der Waals surface area contributed by atoms with Crippen LogP contribution >= 0.6 is 22.6 Å². The zero-order valence-corrected chi connectivity index (χ0v) is 13.8. The number of carbonyl (C=O) groups excluding carboxylic acids is 2. The Kier molecular flexibility index (Phi) is 3.34. The van der Waals surface area contributed by atoms with Crippen LogP contribution < -0.4 is 5.73 Å². The van der Waals surface area contributed by atoms with Crippen molar-refractivity contribution in [1.29, 1.82) is 0 Å². The normalized spacial score (nSPS) is 13.7. The highest BCUT2D eigenvalue weighted by atomic mass is 127. The van der Waals surface area contributed by atoms with E-state index in [1.54, 1.807) is 34.7 Å². The lowest BCUT2D eigenvalue weighted by atomic mass is 9.83. The van der Waals surface area contributed by atoms with Crippen LogP contribution in [-0.2, 0) is 10.1 Å². The minimum atomic E-state index is -4.60. The Morgan fingerprint density at radius 2 is 1.50 bits per heavy atom. The predicted molar refractivity (Wildman–Crippen MR) is 86.7 cm³/mol. The Bertz CT molecular complexity index is 965. The van der Waals surface area contributed by atoms with Gasteiger partial charge in [-0.15, -0.1) is 0 Å². The molecule has 1 aliphatic carbocycles. The second kappa shape index (κ2) is 4.86. The molecule has 2 aromatic rings. The van der Waals surface area contributed by atoms with Gasteiger partial charge in [-0.3, -0.25) is 14.1 Å². The first-order valence-electron chi connectivity index (χ1n) is 6.01. The second-order valence-electron chi connectivity index (χ2n) is 4.70. The highest BCUT2D eigenvalue weighted by Gasteiger charge is 2.35. The topological polar surface area (TPSA) is 115 Å². The van der Waals surface area contributed by atoms with E-state index >= 15 is 0 Å². The van der Waals surface area contributed by atoms with Gasteiger partial charge in [0, 0.05) is 20.3 Å². The summed E-state index contributed by atoms with van der Waals surface area (Å²) in [5.41, 5.74) is 5.64.